The fraction of sp³-hybridized carbons (Fsp3) is 0.333. The zero-order chi connectivity index (χ0) is 18.2. The number of nitrogens with zero attached hydrogens (tertiary/aromatic N) is 2. The number of hydrogen-bond acceptors (Lipinski definition) is 6. The molecule has 2 aromatic rings. The standard InChI is InChI=1S/C18H22N4O3/c1-12(2)14-5-3-13(4-6-14)7-8-20-15(23)11-25-18(24)16-17(19)22-10-9-21-16/h3-6,9-10,12H,7-8,11H2,1-2H3,(H2,19,22)(H,20,23). The molecule has 0 aliphatic carbocycles. The molecule has 0 fully saturated rings. The van der Waals surface area contributed by atoms with E-state index in [2.05, 4.69) is 53.4 Å². The number of aromatic nitrogens is 2. The SMILES string of the molecule is CC(C)c1ccc(CCNC(=O)COC(=O)c2nccnc2N)cc1. The highest BCUT2D eigenvalue weighted by Crippen LogP contribution is 2.14. The topological polar surface area (TPSA) is 107 Å². The quantitative estimate of drug-likeness (QED) is 0.742. The molecule has 1 aromatic heterocycles. The van der Waals surface area contributed by atoms with Crippen molar-refractivity contribution in [2.75, 3.05) is 18.9 Å². The molecule has 0 spiro atoms. The van der Waals surface area contributed by atoms with Crippen LogP contribution in [-0.2, 0) is 16.0 Å². The molecule has 0 saturated carbocycles. The molecule has 132 valence electrons. The number of amides is 1. The molecule has 2 rings (SSSR count). The Balaban J connectivity index is 1.72. The van der Waals surface area contributed by atoms with Gasteiger partial charge in [0.15, 0.2) is 18.1 Å². The van der Waals surface area contributed by atoms with Gasteiger partial charge in [-0.2, -0.15) is 0 Å². The summed E-state index contributed by atoms with van der Waals surface area (Å²) in [6.07, 6.45) is 3.40. The Morgan fingerprint density at radius 3 is 2.48 bits per heavy atom. The minimum absolute atomic E-state index is 0.0299. The van der Waals surface area contributed by atoms with Crippen molar-refractivity contribution in [1.29, 1.82) is 0 Å². The lowest BCUT2D eigenvalue weighted by Gasteiger charge is -2.08. The molecule has 7 nitrogen and oxygen atoms in total. The summed E-state index contributed by atoms with van der Waals surface area (Å²) in [6, 6.07) is 8.29. The third-order valence-electron chi connectivity index (χ3n) is 3.64. The first kappa shape index (κ1) is 18.4. The Kier molecular flexibility index (Phi) is 6.45. The van der Waals surface area contributed by atoms with Crippen molar-refractivity contribution in [1.82, 2.24) is 15.3 Å². The van der Waals surface area contributed by atoms with Crippen molar-refractivity contribution < 1.29 is 14.3 Å². The smallest absolute Gasteiger partial charge is 0.361 e. The van der Waals surface area contributed by atoms with Gasteiger partial charge in [0.1, 0.15) is 0 Å². The average Bonchev–Trinajstić information content (AvgIpc) is 2.60. The van der Waals surface area contributed by atoms with Crippen molar-refractivity contribution in [3.63, 3.8) is 0 Å². The van der Waals surface area contributed by atoms with E-state index in [-0.39, 0.29) is 24.0 Å². The van der Waals surface area contributed by atoms with Gasteiger partial charge < -0.3 is 15.8 Å². The first-order valence-electron chi connectivity index (χ1n) is 8.06. The maximum absolute atomic E-state index is 11.8. The van der Waals surface area contributed by atoms with Crippen molar-refractivity contribution >= 4 is 17.7 Å². The second kappa shape index (κ2) is 8.77. The number of nitrogens with one attached hydrogen (secondary N) is 1. The van der Waals surface area contributed by atoms with E-state index in [4.69, 9.17) is 10.5 Å². The molecule has 0 aliphatic heterocycles. The van der Waals surface area contributed by atoms with Crippen LogP contribution in [0, 0.1) is 0 Å². The summed E-state index contributed by atoms with van der Waals surface area (Å²) in [7, 11) is 0. The van der Waals surface area contributed by atoms with Crippen molar-refractivity contribution in [2.45, 2.75) is 26.2 Å². The number of esters is 1. The lowest BCUT2D eigenvalue weighted by atomic mass is 10.0. The molecule has 3 N–H and O–H groups in total. The maximum atomic E-state index is 11.8. The van der Waals surface area contributed by atoms with E-state index < -0.39 is 5.97 Å². The van der Waals surface area contributed by atoms with Crippen LogP contribution in [0.3, 0.4) is 0 Å². The molecule has 0 radical (unpaired) electrons. The van der Waals surface area contributed by atoms with Gasteiger partial charge in [-0.25, -0.2) is 14.8 Å². The summed E-state index contributed by atoms with van der Waals surface area (Å²) in [5.74, 6) is -0.691. The van der Waals surface area contributed by atoms with Crippen LogP contribution in [0.15, 0.2) is 36.7 Å². The molecule has 7 heteroatoms. The summed E-state index contributed by atoms with van der Waals surface area (Å²) < 4.78 is 4.88. The van der Waals surface area contributed by atoms with Crippen LogP contribution in [0.1, 0.15) is 41.4 Å². The van der Waals surface area contributed by atoms with Gasteiger partial charge in [-0.1, -0.05) is 38.1 Å². The van der Waals surface area contributed by atoms with Gasteiger partial charge in [0.25, 0.3) is 5.91 Å². The highest BCUT2D eigenvalue weighted by atomic mass is 16.5. The van der Waals surface area contributed by atoms with Crippen molar-refractivity contribution in [2.24, 2.45) is 0 Å². The predicted molar refractivity (Wildman–Crippen MR) is 94.0 cm³/mol. The van der Waals surface area contributed by atoms with E-state index in [1.54, 1.807) is 0 Å². The molecular weight excluding hydrogens is 320 g/mol. The number of benzene rings is 1. The van der Waals surface area contributed by atoms with Gasteiger partial charge >= 0.3 is 5.97 Å². The minimum atomic E-state index is -0.773. The van der Waals surface area contributed by atoms with Crippen molar-refractivity contribution in [3.8, 4) is 0 Å². The largest absolute Gasteiger partial charge is 0.451 e. The molecular formula is C18H22N4O3. The number of carbonyl (C=O) groups is 2. The zero-order valence-electron chi connectivity index (χ0n) is 14.4. The fourth-order valence-corrected chi connectivity index (χ4v) is 2.17. The van der Waals surface area contributed by atoms with Crippen LogP contribution in [0.2, 0.25) is 0 Å². The highest BCUT2D eigenvalue weighted by molar-refractivity contribution is 5.93. The molecule has 0 aliphatic rings. The van der Waals surface area contributed by atoms with Crippen LogP contribution < -0.4 is 11.1 Å². The van der Waals surface area contributed by atoms with E-state index in [1.165, 1.54) is 18.0 Å². The van der Waals surface area contributed by atoms with E-state index in [9.17, 15) is 9.59 Å². The van der Waals surface area contributed by atoms with Gasteiger partial charge in [-0.3, -0.25) is 4.79 Å². The average molecular weight is 342 g/mol. The molecule has 25 heavy (non-hydrogen) atoms. The molecule has 0 saturated heterocycles. The summed E-state index contributed by atoms with van der Waals surface area (Å²) in [5.41, 5.74) is 7.84. The number of nitrogen functional groups attached to an aromatic ring is 1. The summed E-state index contributed by atoms with van der Waals surface area (Å²) in [4.78, 5) is 31.0. The number of nitrogens with two attached hydrogens (primary N) is 1. The Morgan fingerprint density at radius 2 is 1.84 bits per heavy atom. The van der Waals surface area contributed by atoms with Gasteiger partial charge in [-0.05, 0) is 23.5 Å². The van der Waals surface area contributed by atoms with Gasteiger partial charge in [0.05, 0.1) is 0 Å². The summed E-state index contributed by atoms with van der Waals surface area (Å²) in [6.45, 7) is 4.36. The van der Waals surface area contributed by atoms with E-state index in [1.807, 2.05) is 0 Å². The van der Waals surface area contributed by atoms with Gasteiger partial charge in [0.2, 0.25) is 0 Å². The van der Waals surface area contributed by atoms with Gasteiger partial charge in [0, 0.05) is 18.9 Å². The van der Waals surface area contributed by atoms with E-state index in [0.29, 0.717) is 18.9 Å². The third-order valence-corrected chi connectivity index (χ3v) is 3.64. The molecule has 1 amide bonds. The zero-order valence-corrected chi connectivity index (χ0v) is 14.4. The number of anilines is 1. The van der Waals surface area contributed by atoms with Crippen LogP contribution in [0.4, 0.5) is 5.82 Å². The lowest BCUT2D eigenvalue weighted by molar-refractivity contribution is -0.124. The monoisotopic (exact) mass is 342 g/mol. The molecule has 0 atom stereocenters. The Morgan fingerprint density at radius 1 is 1.16 bits per heavy atom. The Bertz CT molecular complexity index is 729. The van der Waals surface area contributed by atoms with E-state index >= 15 is 0 Å². The number of ether oxygens (including phenoxy) is 1. The summed E-state index contributed by atoms with van der Waals surface area (Å²) in [5, 5.41) is 2.71. The minimum Gasteiger partial charge on any atom is -0.451 e. The van der Waals surface area contributed by atoms with Crippen molar-refractivity contribution in [3.05, 3.63) is 53.5 Å². The highest BCUT2D eigenvalue weighted by Gasteiger charge is 2.15. The van der Waals surface area contributed by atoms with Crippen LogP contribution in [-0.4, -0.2) is 35.0 Å². The van der Waals surface area contributed by atoms with Crippen LogP contribution in [0.5, 0.6) is 0 Å². The summed E-state index contributed by atoms with van der Waals surface area (Å²) >= 11 is 0. The maximum Gasteiger partial charge on any atom is 0.361 e. The number of rotatable bonds is 7. The van der Waals surface area contributed by atoms with Gasteiger partial charge in [-0.15, -0.1) is 0 Å². The second-order valence-corrected chi connectivity index (χ2v) is 5.86. The van der Waals surface area contributed by atoms with Crippen LogP contribution in [0.25, 0.3) is 0 Å². The normalized spacial score (nSPS) is 10.5. The third kappa shape index (κ3) is 5.56. The first-order chi connectivity index (χ1) is 12.0. The molecule has 1 aromatic carbocycles. The lowest BCUT2D eigenvalue weighted by Crippen LogP contribution is -2.30. The predicted octanol–water partition coefficient (Wildman–Crippen LogP) is 1.70. The van der Waals surface area contributed by atoms with E-state index in [0.717, 1.165) is 5.56 Å². The first-order valence-corrected chi connectivity index (χ1v) is 8.06. The Labute approximate surface area is 146 Å². The Hall–Kier alpha value is -2.96. The molecule has 1 heterocycles. The fourth-order valence-electron chi connectivity index (χ4n) is 2.17. The number of carbonyl (C=O) groups excluding carboxylic acids is 2. The number of hydrogen-bond donors (Lipinski definition) is 2. The molecule has 0 unspecified atom stereocenters. The van der Waals surface area contributed by atoms with Crippen LogP contribution >= 0.6 is 0 Å². The second-order valence-electron chi connectivity index (χ2n) is 5.86. The molecule has 0 bridgehead atoms.